The zero-order chi connectivity index (χ0) is 10.0. The van der Waals surface area contributed by atoms with Crippen molar-refractivity contribution in [2.75, 3.05) is 13.1 Å². The van der Waals surface area contributed by atoms with Crippen molar-refractivity contribution in [3.8, 4) is 0 Å². The summed E-state index contributed by atoms with van der Waals surface area (Å²) in [6, 6.07) is 0. The van der Waals surface area contributed by atoms with E-state index in [1.54, 1.807) is 0 Å². The van der Waals surface area contributed by atoms with E-state index in [0.717, 1.165) is 0 Å². The first-order valence-electron chi connectivity index (χ1n) is 5.88. The molecular formula is C12H22N2. The molecule has 0 aromatic carbocycles. The maximum absolute atomic E-state index is 5.98. The van der Waals surface area contributed by atoms with E-state index in [9.17, 15) is 0 Å². The molecule has 1 aliphatic carbocycles. The van der Waals surface area contributed by atoms with Gasteiger partial charge >= 0.3 is 0 Å². The van der Waals surface area contributed by atoms with Gasteiger partial charge in [0, 0.05) is 13.1 Å². The second kappa shape index (κ2) is 4.03. The number of hydrogen-bond donors (Lipinski definition) is 1. The molecule has 2 N–H and O–H groups in total. The molecule has 1 unspecified atom stereocenters. The molecule has 14 heavy (non-hydrogen) atoms. The predicted molar refractivity (Wildman–Crippen MR) is 59.9 cm³/mol. The van der Waals surface area contributed by atoms with E-state index < -0.39 is 0 Å². The minimum absolute atomic E-state index is 0.0799. The Labute approximate surface area is 87.2 Å². The van der Waals surface area contributed by atoms with Crippen molar-refractivity contribution in [1.29, 1.82) is 0 Å². The lowest BCUT2D eigenvalue weighted by Gasteiger charge is -2.34. The van der Waals surface area contributed by atoms with Crippen LogP contribution in [-0.4, -0.2) is 24.2 Å². The fourth-order valence-electron chi connectivity index (χ4n) is 3.08. The highest BCUT2D eigenvalue weighted by Gasteiger charge is 2.39. The Hall–Kier alpha value is -0.340. The summed E-state index contributed by atoms with van der Waals surface area (Å²) in [4.78, 5) is 2.39. The normalized spacial score (nSPS) is 29.2. The van der Waals surface area contributed by atoms with Gasteiger partial charge in [-0.3, -0.25) is 4.90 Å². The monoisotopic (exact) mass is 194 g/mol. The summed E-state index contributed by atoms with van der Waals surface area (Å²) < 4.78 is 0. The van der Waals surface area contributed by atoms with Crippen molar-refractivity contribution in [2.45, 2.75) is 44.7 Å². The quantitative estimate of drug-likeness (QED) is 0.682. The third kappa shape index (κ3) is 1.86. The first-order valence-corrected chi connectivity index (χ1v) is 5.88. The Bertz CT molecular complexity index is 206. The minimum atomic E-state index is 0.0799. The Morgan fingerprint density at radius 3 is 2.57 bits per heavy atom. The van der Waals surface area contributed by atoms with E-state index >= 15 is 0 Å². The molecule has 1 saturated heterocycles. The molecule has 2 rings (SSSR count). The van der Waals surface area contributed by atoms with Gasteiger partial charge in [0.05, 0.1) is 6.17 Å². The third-order valence-electron chi connectivity index (χ3n) is 4.05. The van der Waals surface area contributed by atoms with E-state index in [0.29, 0.717) is 5.41 Å². The second-order valence-electron chi connectivity index (χ2n) is 5.01. The van der Waals surface area contributed by atoms with Crippen molar-refractivity contribution in [2.24, 2.45) is 11.1 Å². The maximum atomic E-state index is 5.98. The number of rotatable bonds is 2. The molecule has 1 heterocycles. The van der Waals surface area contributed by atoms with Gasteiger partial charge in [-0.05, 0) is 24.7 Å². The highest BCUT2D eigenvalue weighted by atomic mass is 15.2. The summed E-state index contributed by atoms with van der Waals surface area (Å²) in [5.74, 6) is 0. The molecule has 2 aliphatic rings. The molecule has 2 heteroatoms. The first-order chi connectivity index (χ1) is 6.76. The van der Waals surface area contributed by atoms with Crippen LogP contribution in [0.15, 0.2) is 12.7 Å². The van der Waals surface area contributed by atoms with E-state index in [1.165, 1.54) is 51.6 Å². The molecule has 80 valence electrons. The Balaban J connectivity index is 1.95. The van der Waals surface area contributed by atoms with Crippen molar-refractivity contribution in [3.63, 3.8) is 0 Å². The topological polar surface area (TPSA) is 29.3 Å². The fourth-order valence-corrected chi connectivity index (χ4v) is 3.08. The van der Waals surface area contributed by atoms with E-state index in [2.05, 4.69) is 11.5 Å². The minimum Gasteiger partial charge on any atom is -0.312 e. The molecule has 1 atom stereocenters. The van der Waals surface area contributed by atoms with Crippen LogP contribution in [-0.2, 0) is 0 Å². The largest absolute Gasteiger partial charge is 0.312 e. The van der Waals surface area contributed by atoms with Gasteiger partial charge in [0.25, 0.3) is 0 Å². The van der Waals surface area contributed by atoms with Crippen LogP contribution >= 0.6 is 0 Å². The lowest BCUT2D eigenvalue weighted by atomic mass is 9.73. The number of nitrogens with zero attached hydrogens (tertiary/aromatic N) is 1. The van der Waals surface area contributed by atoms with Crippen LogP contribution in [0.2, 0.25) is 0 Å². The molecule has 1 saturated carbocycles. The first kappa shape index (κ1) is 10.2. The molecule has 0 bridgehead atoms. The summed E-state index contributed by atoms with van der Waals surface area (Å²) >= 11 is 0. The van der Waals surface area contributed by atoms with Gasteiger partial charge in [0.1, 0.15) is 0 Å². The van der Waals surface area contributed by atoms with Crippen LogP contribution in [0.4, 0.5) is 0 Å². The standard InChI is InChI=1S/C12H22N2/c1-2-11(13)14-9-8-12(10-14)6-4-3-5-7-12/h2,11H,1,3-10,13H2. The summed E-state index contributed by atoms with van der Waals surface area (Å²) in [5.41, 5.74) is 6.60. The highest BCUT2D eigenvalue weighted by molar-refractivity contribution is 4.96. The lowest BCUT2D eigenvalue weighted by Crippen LogP contribution is -2.40. The summed E-state index contributed by atoms with van der Waals surface area (Å²) in [6.45, 7) is 6.15. The maximum Gasteiger partial charge on any atom is 0.0761 e. The van der Waals surface area contributed by atoms with Gasteiger partial charge in [-0.25, -0.2) is 0 Å². The number of likely N-dealkylation sites (tertiary alicyclic amines) is 1. The second-order valence-corrected chi connectivity index (χ2v) is 5.01. The zero-order valence-corrected chi connectivity index (χ0v) is 9.04. The van der Waals surface area contributed by atoms with Gasteiger partial charge in [-0.2, -0.15) is 0 Å². The van der Waals surface area contributed by atoms with Crippen molar-refractivity contribution in [3.05, 3.63) is 12.7 Å². The number of hydrogen-bond acceptors (Lipinski definition) is 2. The summed E-state index contributed by atoms with van der Waals surface area (Å²) in [7, 11) is 0. The Morgan fingerprint density at radius 1 is 1.21 bits per heavy atom. The summed E-state index contributed by atoms with van der Waals surface area (Å²) in [5, 5.41) is 0. The fraction of sp³-hybridized carbons (Fsp3) is 0.833. The van der Waals surface area contributed by atoms with Crippen molar-refractivity contribution in [1.82, 2.24) is 4.90 Å². The molecule has 2 fully saturated rings. The van der Waals surface area contributed by atoms with E-state index in [4.69, 9.17) is 5.73 Å². The van der Waals surface area contributed by atoms with Gasteiger partial charge in [-0.15, -0.1) is 6.58 Å². The average molecular weight is 194 g/mol. The van der Waals surface area contributed by atoms with Crippen LogP contribution in [0.25, 0.3) is 0 Å². The number of nitrogens with two attached hydrogens (primary N) is 1. The molecule has 0 amide bonds. The van der Waals surface area contributed by atoms with Gasteiger partial charge in [0.2, 0.25) is 0 Å². The van der Waals surface area contributed by atoms with E-state index in [-0.39, 0.29) is 6.17 Å². The van der Waals surface area contributed by atoms with E-state index in [1.807, 2.05) is 6.08 Å². The Kier molecular flexibility index (Phi) is 2.93. The molecule has 0 radical (unpaired) electrons. The summed E-state index contributed by atoms with van der Waals surface area (Å²) in [6.07, 6.45) is 10.4. The van der Waals surface area contributed by atoms with Crippen LogP contribution in [0.3, 0.4) is 0 Å². The highest BCUT2D eigenvalue weighted by Crippen LogP contribution is 2.43. The molecule has 1 aliphatic heterocycles. The molecular weight excluding hydrogens is 172 g/mol. The molecule has 0 aromatic heterocycles. The van der Waals surface area contributed by atoms with Gasteiger partial charge in [0.15, 0.2) is 0 Å². The van der Waals surface area contributed by atoms with Crippen molar-refractivity contribution >= 4 is 0 Å². The van der Waals surface area contributed by atoms with Crippen LogP contribution < -0.4 is 5.73 Å². The predicted octanol–water partition coefficient (Wildman–Crippen LogP) is 2.11. The molecule has 1 spiro atoms. The third-order valence-corrected chi connectivity index (χ3v) is 4.05. The van der Waals surface area contributed by atoms with Crippen LogP contribution in [0, 0.1) is 5.41 Å². The zero-order valence-electron chi connectivity index (χ0n) is 9.04. The van der Waals surface area contributed by atoms with Gasteiger partial charge in [-0.1, -0.05) is 25.3 Å². The molecule has 2 nitrogen and oxygen atoms in total. The Morgan fingerprint density at radius 2 is 1.93 bits per heavy atom. The van der Waals surface area contributed by atoms with Crippen LogP contribution in [0.1, 0.15) is 38.5 Å². The lowest BCUT2D eigenvalue weighted by molar-refractivity contribution is 0.175. The molecule has 0 aromatic rings. The SMILES string of the molecule is C=CC(N)N1CCC2(CCCCC2)C1. The average Bonchev–Trinajstić information content (AvgIpc) is 2.62. The smallest absolute Gasteiger partial charge is 0.0761 e. The van der Waals surface area contributed by atoms with Crippen LogP contribution in [0.5, 0.6) is 0 Å². The van der Waals surface area contributed by atoms with Gasteiger partial charge < -0.3 is 5.73 Å². The van der Waals surface area contributed by atoms with Crippen molar-refractivity contribution < 1.29 is 0 Å².